The molecule has 0 atom stereocenters. The highest BCUT2D eigenvalue weighted by Crippen LogP contribution is 2.23. The number of hydrogen-bond donors (Lipinski definition) is 2. The second-order valence-corrected chi connectivity index (χ2v) is 6.46. The van der Waals surface area contributed by atoms with Crippen LogP contribution >= 0.6 is 11.6 Å². The maximum atomic E-state index is 12.1. The Labute approximate surface area is 122 Å². The van der Waals surface area contributed by atoms with Crippen molar-refractivity contribution in [3.63, 3.8) is 0 Å². The zero-order chi connectivity index (χ0) is 14.8. The molecule has 6 nitrogen and oxygen atoms in total. The molecule has 0 bridgehead atoms. The number of aryl methyl sites for hydroxylation is 1. The van der Waals surface area contributed by atoms with E-state index in [0.29, 0.717) is 12.1 Å². The van der Waals surface area contributed by atoms with Crippen molar-refractivity contribution >= 4 is 27.3 Å². The molecule has 0 radical (unpaired) electrons. The summed E-state index contributed by atoms with van der Waals surface area (Å²) >= 11 is 5.90. The van der Waals surface area contributed by atoms with Gasteiger partial charge in [-0.2, -0.15) is 5.10 Å². The Morgan fingerprint density at radius 2 is 2.15 bits per heavy atom. The summed E-state index contributed by atoms with van der Waals surface area (Å²) in [7, 11) is -1.84. The number of hydrogen-bond acceptors (Lipinski definition) is 4. The largest absolute Gasteiger partial charge is 0.399 e. The van der Waals surface area contributed by atoms with E-state index >= 15 is 0 Å². The third-order valence-corrected chi connectivity index (χ3v) is 4.63. The molecule has 0 fully saturated rings. The van der Waals surface area contributed by atoms with Gasteiger partial charge in [-0.25, -0.2) is 13.1 Å². The van der Waals surface area contributed by atoms with Crippen LogP contribution in [-0.4, -0.2) is 24.7 Å². The standard InChI is InChI=1S/C12H15ClN4O2S/c1-17-7-5-10(16-17)4-6-15-20(18,19)12-3-2-9(14)8-11(12)13/h2-3,5,7-8,15H,4,6,14H2,1H3. The van der Waals surface area contributed by atoms with Gasteiger partial charge in [-0.05, 0) is 24.3 Å². The van der Waals surface area contributed by atoms with Gasteiger partial charge in [-0.3, -0.25) is 4.68 Å². The molecule has 0 saturated heterocycles. The molecule has 0 aliphatic carbocycles. The predicted octanol–water partition coefficient (Wildman–Crippen LogP) is 1.18. The van der Waals surface area contributed by atoms with Crippen LogP contribution in [0.1, 0.15) is 5.69 Å². The Bertz CT molecular complexity index is 712. The third kappa shape index (κ3) is 3.50. The lowest BCUT2D eigenvalue weighted by Crippen LogP contribution is -2.26. The monoisotopic (exact) mass is 314 g/mol. The van der Waals surface area contributed by atoms with E-state index in [-0.39, 0.29) is 16.5 Å². The molecule has 0 amide bonds. The minimum absolute atomic E-state index is 0.0226. The fourth-order valence-corrected chi connectivity index (χ4v) is 3.31. The lowest BCUT2D eigenvalue weighted by Gasteiger charge is -2.08. The maximum absolute atomic E-state index is 12.1. The van der Waals surface area contributed by atoms with E-state index in [1.165, 1.54) is 18.2 Å². The van der Waals surface area contributed by atoms with Crippen molar-refractivity contribution < 1.29 is 8.42 Å². The SMILES string of the molecule is Cn1ccc(CCNS(=O)(=O)c2ccc(N)cc2Cl)n1. The van der Waals surface area contributed by atoms with Gasteiger partial charge in [0.15, 0.2) is 0 Å². The zero-order valence-corrected chi connectivity index (χ0v) is 12.4. The molecule has 20 heavy (non-hydrogen) atoms. The molecule has 3 N–H and O–H groups in total. The highest BCUT2D eigenvalue weighted by Gasteiger charge is 2.17. The summed E-state index contributed by atoms with van der Waals surface area (Å²) in [4.78, 5) is 0.0226. The molecule has 0 spiro atoms. The molecule has 108 valence electrons. The van der Waals surface area contributed by atoms with E-state index in [1.54, 1.807) is 10.9 Å². The lowest BCUT2D eigenvalue weighted by atomic mass is 10.3. The number of sulfonamides is 1. The second-order valence-electron chi connectivity index (χ2n) is 4.32. The summed E-state index contributed by atoms with van der Waals surface area (Å²) in [5.41, 5.74) is 6.78. The van der Waals surface area contributed by atoms with Crippen molar-refractivity contribution in [1.82, 2.24) is 14.5 Å². The first kappa shape index (κ1) is 14.8. The molecule has 8 heteroatoms. The van der Waals surface area contributed by atoms with Gasteiger partial charge in [0.1, 0.15) is 4.90 Å². The Balaban J connectivity index is 2.04. The van der Waals surface area contributed by atoms with Crippen LogP contribution in [0.2, 0.25) is 5.02 Å². The lowest BCUT2D eigenvalue weighted by molar-refractivity contribution is 0.581. The van der Waals surface area contributed by atoms with Crippen molar-refractivity contribution in [1.29, 1.82) is 0 Å². The van der Waals surface area contributed by atoms with Gasteiger partial charge < -0.3 is 5.73 Å². The van der Waals surface area contributed by atoms with Gasteiger partial charge >= 0.3 is 0 Å². The van der Waals surface area contributed by atoms with Crippen LogP contribution in [0.3, 0.4) is 0 Å². The van der Waals surface area contributed by atoms with E-state index in [9.17, 15) is 8.42 Å². The number of nitrogen functional groups attached to an aromatic ring is 1. The number of aromatic nitrogens is 2. The zero-order valence-electron chi connectivity index (χ0n) is 10.9. The minimum atomic E-state index is -3.64. The summed E-state index contributed by atoms with van der Waals surface area (Å²) in [5, 5.41) is 4.28. The molecule has 1 aromatic heterocycles. The molecule has 2 aromatic rings. The van der Waals surface area contributed by atoms with Crippen molar-refractivity contribution in [2.45, 2.75) is 11.3 Å². The molecule has 0 unspecified atom stereocenters. The van der Waals surface area contributed by atoms with Crippen LogP contribution in [0.15, 0.2) is 35.4 Å². The van der Waals surface area contributed by atoms with Crippen molar-refractivity contribution in [3.8, 4) is 0 Å². The number of halogens is 1. The average Bonchev–Trinajstić information content (AvgIpc) is 2.74. The quantitative estimate of drug-likeness (QED) is 0.811. The summed E-state index contributed by atoms with van der Waals surface area (Å²) in [6.07, 6.45) is 2.31. The van der Waals surface area contributed by atoms with Gasteiger partial charge in [0, 0.05) is 31.9 Å². The van der Waals surface area contributed by atoms with Crippen LogP contribution in [0.4, 0.5) is 5.69 Å². The Kier molecular flexibility index (Phi) is 4.32. The smallest absolute Gasteiger partial charge is 0.242 e. The van der Waals surface area contributed by atoms with Crippen LogP contribution < -0.4 is 10.5 Å². The second kappa shape index (κ2) is 5.82. The first-order chi connectivity index (χ1) is 9.38. The van der Waals surface area contributed by atoms with Crippen LogP contribution in [0, 0.1) is 0 Å². The minimum Gasteiger partial charge on any atom is -0.399 e. The highest BCUT2D eigenvalue weighted by atomic mass is 35.5. The van der Waals surface area contributed by atoms with Crippen LogP contribution in [0.5, 0.6) is 0 Å². The number of nitrogens with one attached hydrogen (secondary N) is 1. The average molecular weight is 315 g/mol. The number of nitrogens with two attached hydrogens (primary N) is 1. The van der Waals surface area contributed by atoms with E-state index in [4.69, 9.17) is 17.3 Å². The first-order valence-electron chi connectivity index (χ1n) is 5.92. The fraction of sp³-hybridized carbons (Fsp3) is 0.250. The molecule has 1 aromatic carbocycles. The fourth-order valence-electron chi connectivity index (χ4n) is 1.72. The maximum Gasteiger partial charge on any atom is 0.242 e. The first-order valence-corrected chi connectivity index (χ1v) is 7.78. The van der Waals surface area contributed by atoms with Gasteiger partial charge in [-0.1, -0.05) is 11.6 Å². The van der Waals surface area contributed by atoms with Crippen molar-refractivity contribution in [3.05, 3.63) is 41.2 Å². The molecule has 1 heterocycles. The topological polar surface area (TPSA) is 90.0 Å². The Morgan fingerprint density at radius 3 is 2.75 bits per heavy atom. The Morgan fingerprint density at radius 1 is 1.40 bits per heavy atom. The highest BCUT2D eigenvalue weighted by molar-refractivity contribution is 7.89. The van der Waals surface area contributed by atoms with Gasteiger partial charge in [-0.15, -0.1) is 0 Å². The third-order valence-electron chi connectivity index (χ3n) is 2.69. The number of anilines is 1. The van der Waals surface area contributed by atoms with Gasteiger partial charge in [0.2, 0.25) is 10.0 Å². The molecule has 2 rings (SSSR count). The van der Waals surface area contributed by atoms with Gasteiger partial charge in [0.25, 0.3) is 0 Å². The Hall–Kier alpha value is -1.57. The van der Waals surface area contributed by atoms with E-state index in [0.717, 1.165) is 5.69 Å². The van der Waals surface area contributed by atoms with E-state index < -0.39 is 10.0 Å². The summed E-state index contributed by atoms with van der Waals surface area (Å²) in [5.74, 6) is 0. The summed E-state index contributed by atoms with van der Waals surface area (Å²) in [6.45, 7) is 0.250. The normalized spacial score (nSPS) is 11.7. The molecule has 0 aliphatic heterocycles. The molecular weight excluding hydrogens is 300 g/mol. The molecular formula is C12H15ClN4O2S. The number of rotatable bonds is 5. The van der Waals surface area contributed by atoms with Crippen molar-refractivity contribution in [2.24, 2.45) is 7.05 Å². The van der Waals surface area contributed by atoms with Gasteiger partial charge in [0.05, 0.1) is 10.7 Å². The van der Waals surface area contributed by atoms with E-state index in [1.807, 2.05) is 13.1 Å². The van der Waals surface area contributed by atoms with Crippen LogP contribution in [0.25, 0.3) is 0 Å². The summed E-state index contributed by atoms with van der Waals surface area (Å²) in [6, 6.07) is 6.14. The number of nitrogens with zero attached hydrogens (tertiary/aromatic N) is 2. The number of benzene rings is 1. The van der Waals surface area contributed by atoms with Crippen LogP contribution in [-0.2, 0) is 23.5 Å². The molecule has 0 saturated carbocycles. The predicted molar refractivity (Wildman–Crippen MR) is 78.0 cm³/mol. The van der Waals surface area contributed by atoms with Crippen molar-refractivity contribution in [2.75, 3.05) is 12.3 Å². The summed E-state index contributed by atoms with van der Waals surface area (Å²) < 4.78 is 28.4. The molecule has 0 aliphatic rings. The van der Waals surface area contributed by atoms with E-state index in [2.05, 4.69) is 9.82 Å².